The SMILES string of the molecule is COc1ccc(-c2cccc(-c3nnc(C)o3)c2)c2cccnc12. The number of benzene rings is 2. The van der Waals surface area contributed by atoms with Crippen molar-refractivity contribution in [2.75, 3.05) is 7.11 Å². The Morgan fingerprint density at radius 2 is 1.83 bits per heavy atom. The first-order valence-electron chi connectivity index (χ1n) is 7.59. The highest BCUT2D eigenvalue weighted by atomic mass is 16.5. The molecule has 2 aromatic carbocycles. The van der Waals surface area contributed by atoms with E-state index in [0.29, 0.717) is 11.8 Å². The van der Waals surface area contributed by atoms with Crippen LogP contribution in [0.5, 0.6) is 5.75 Å². The van der Waals surface area contributed by atoms with Crippen LogP contribution < -0.4 is 4.74 Å². The van der Waals surface area contributed by atoms with Crippen LogP contribution in [-0.4, -0.2) is 22.3 Å². The van der Waals surface area contributed by atoms with Crippen LogP contribution in [0, 0.1) is 6.92 Å². The summed E-state index contributed by atoms with van der Waals surface area (Å²) in [4.78, 5) is 4.46. The molecule has 0 saturated carbocycles. The fourth-order valence-electron chi connectivity index (χ4n) is 2.80. The Hall–Kier alpha value is -3.21. The van der Waals surface area contributed by atoms with E-state index >= 15 is 0 Å². The first-order chi connectivity index (χ1) is 11.8. The minimum absolute atomic E-state index is 0.519. The van der Waals surface area contributed by atoms with Gasteiger partial charge in [-0.25, -0.2) is 0 Å². The number of rotatable bonds is 3. The van der Waals surface area contributed by atoms with Crippen LogP contribution in [-0.2, 0) is 0 Å². The highest BCUT2D eigenvalue weighted by Crippen LogP contribution is 2.34. The summed E-state index contributed by atoms with van der Waals surface area (Å²) < 4.78 is 10.9. The summed E-state index contributed by atoms with van der Waals surface area (Å²) in [6.45, 7) is 1.78. The number of aromatic nitrogens is 3. The number of pyridine rings is 1. The Labute approximate surface area is 138 Å². The van der Waals surface area contributed by atoms with Crippen LogP contribution in [0.1, 0.15) is 5.89 Å². The summed E-state index contributed by atoms with van der Waals surface area (Å²) in [6.07, 6.45) is 1.77. The normalized spacial score (nSPS) is 10.9. The average Bonchev–Trinajstić information content (AvgIpc) is 3.07. The van der Waals surface area contributed by atoms with Gasteiger partial charge in [0.15, 0.2) is 0 Å². The molecule has 0 spiro atoms. The zero-order valence-corrected chi connectivity index (χ0v) is 13.4. The van der Waals surface area contributed by atoms with E-state index in [9.17, 15) is 0 Å². The quantitative estimate of drug-likeness (QED) is 0.565. The number of fused-ring (bicyclic) bond motifs is 1. The maximum absolute atomic E-state index is 5.53. The standard InChI is InChI=1S/C19H15N3O2/c1-12-21-22-19(24-12)14-6-3-5-13(11-14)15-8-9-17(23-2)18-16(15)7-4-10-20-18/h3-11H,1-2H3. The number of hydrogen-bond donors (Lipinski definition) is 0. The van der Waals surface area contributed by atoms with Gasteiger partial charge in [-0.1, -0.05) is 18.2 Å². The van der Waals surface area contributed by atoms with Gasteiger partial charge in [0.05, 0.1) is 7.11 Å². The van der Waals surface area contributed by atoms with Crippen molar-refractivity contribution in [3.63, 3.8) is 0 Å². The summed E-state index contributed by atoms with van der Waals surface area (Å²) in [5.41, 5.74) is 3.87. The van der Waals surface area contributed by atoms with Crippen molar-refractivity contribution in [2.45, 2.75) is 6.92 Å². The van der Waals surface area contributed by atoms with Crippen LogP contribution in [0.4, 0.5) is 0 Å². The molecule has 0 saturated heterocycles. The third-order valence-corrected chi connectivity index (χ3v) is 3.90. The smallest absolute Gasteiger partial charge is 0.247 e. The fraction of sp³-hybridized carbons (Fsp3) is 0.105. The zero-order valence-electron chi connectivity index (χ0n) is 13.4. The molecule has 4 aromatic rings. The van der Waals surface area contributed by atoms with Crippen LogP contribution in [0.2, 0.25) is 0 Å². The molecule has 0 aliphatic carbocycles. The molecule has 0 amide bonds. The van der Waals surface area contributed by atoms with Crippen molar-refractivity contribution in [2.24, 2.45) is 0 Å². The van der Waals surface area contributed by atoms with Gasteiger partial charge in [0.25, 0.3) is 0 Å². The number of methoxy groups -OCH3 is 1. The van der Waals surface area contributed by atoms with Gasteiger partial charge in [0.1, 0.15) is 11.3 Å². The van der Waals surface area contributed by atoms with E-state index in [-0.39, 0.29) is 0 Å². The van der Waals surface area contributed by atoms with E-state index in [1.54, 1.807) is 20.2 Å². The molecular formula is C19H15N3O2. The molecule has 2 aromatic heterocycles. The minimum atomic E-state index is 0.519. The zero-order chi connectivity index (χ0) is 16.5. The van der Waals surface area contributed by atoms with Crippen LogP contribution in [0.3, 0.4) is 0 Å². The largest absolute Gasteiger partial charge is 0.494 e. The molecule has 118 valence electrons. The Bertz CT molecular complexity index is 1020. The molecule has 0 aliphatic rings. The maximum Gasteiger partial charge on any atom is 0.247 e. The van der Waals surface area contributed by atoms with Crippen LogP contribution in [0.15, 0.2) is 59.1 Å². The number of hydrogen-bond acceptors (Lipinski definition) is 5. The maximum atomic E-state index is 5.53. The summed E-state index contributed by atoms with van der Waals surface area (Å²) in [5.74, 6) is 1.83. The van der Waals surface area contributed by atoms with Gasteiger partial charge in [-0.05, 0) is 41.5 Å². The van der Waals surface area contributed by atoms with Gasteiger partial charge < -0.3 is 9.15 Å². The van der Waals surface area contributed by atoms with Gasteiger partial charge >= 0.3 is 0 Å². The molecule has 0 radical (unpaired) electrons. The molecule has 0 fully saturated rings. The van der Waals surface area contributed by atoms with Crippen molar-refractivity contribution >= 4 is 10.9 Å². The first kappa shape index (κ1) is 14.4. The average molecular weight is 317 g/mol. The molecule has 0 N–H and O–H groups in total. The second-order valence-corrected chi connectivity index (χ2v) is 5.42. The second-order valence-electron chi connectivity index (χ2n) is 5.42. The van der Waals surface area contributed by atoms with Crippen molar-refractivity contribution in [3.8, 4) is 28.3 Å². The number of aryl methyl sites for hydroxylation is 1. The van der Waals surface area contributed by atoms with Gasteiger partial charge in [-0.15, -0.1) is 10.2 Å². The van der Waals surface area contributed by atoms with Gasteiger partial charge in [0, 0.05) is 24.1 Å². The number of ether oxygens (including phenoxy) is 1. The molecule has 5 heteroatoms. The molecule has 24 heavy (non-hydrogen) atoms. The predicted molar refractivity (Wildman–Crippen MR) is 91.8 cm³/mol. The van der Waals surface area contributed by atoms with E-state index < -0.39 is 0 Å². The lowest BCUT2D eigenvalue weighted by atomic mass is 9.98. The first-order valence-corrected chi connectivity index (χ1v) is 7.59. The van der Waals surface area contributed by atoms with Crippen LogP contribution in [0.25, 0.3) is 33.5 Å². The third-order valence-electron chi connectivity index (χ3n) is 3.90. The second kappa shape index (κ2) is 5.77. The summed E-state index contributed by atoms with van der Waals surface area (Å²) in [7, 11) is 1.65. The molecule has 0 aliphatic heterocycles. The summed E-state index contributed by atoms with van der Waals surface area (Å²) in [6, 6.07) is 16.0. The Kier molecular flexibility index (Phi) is 3.46. The lowest BCUT2D eigenvalue weighted by Crippen LogP contribution is -1.90. The monoisotopic (exact) mass is 317 g/mol. The lowest BCUT2D eigenvalue weighted by Gasteiger charge is -2.10. The molecule has 0 unspecified atom stereocenters. The van der Waals surface area contributed by atoms with E-state index in [1.165, 1.54) is 0 Å². The van der Waals surface area contributed by atoms with Crippen molar-refractivity contribution in [1.82, 2.24) is 15.2 Å². The topological polar surface area (TPSA) is 61.0 Å². The Morgan fingerprint density at radius 3 is 2.62 bits per heavy atom. The van der Waals surface area contributed by atoms with E-state index in [2.05, 4.69) is 21.2 Å². The van der Waals surface area contributed by atoms with Crippen molar-refractivity contribution < 1.29 is 9.15 Å². The molecule has 0 atom stereocenters. The Morgan fingerprint density at radius 1 is 0.958 bits per heavy atom. The molecule has 5 nitrogen and oxygen atoms in total. The molecule has 2 heterocycles. The van der Waals surface area contributed by atoms with Gasteiger partial charge in [0.2, 0.25) is 11.8 Å². The lowest BCUT2D eigenvalue weighted by molar-refractivity contribution is 0.419. The van der Waals surface area contributed by atoms with Crippen LogP contribution >= 0.6 is 0 Å². The van der Waals surface area contributed by atoms with E-state index in [1.807, 2.05) is 42.5 Å². The van der Waals surface area contributed by atoms with E-state index in [4.69, 9.17) is 9.15 Å². The third kappa shape index (κ3) is 2.40. The van der Waals surface area contributed by atoms with Crippen molar-refractivity contribution in [1.29, 1.82) is 0 Å². The van der Waals surface area contributed by atoms with Gasteiger partial charge in [-0.3, -0.25) is 4.98 Å². The summed E-state index contributed by atoms with van der Waals surface area (Å²) >= 11 is 0. The van der Waals surface area contributed by atoms with Crippen molar-refractivity contribution in [3.05, 3.63) is 60.6 Å². The molecular weight excluding hydrogens is 302 g/mol. The molecule has 0 bridgehead atoms. The summed E-state index contributed by atoms with van der Waals surface area (Å²) in [5, 5.41) is 9.02. The number of nitrogens with zero attached hydrogens (tertiary/aromatic N) is 3. The van der Waals surface area contributed by atoms with Gasteiger partial charge in [-0.2, -0.15) is 0 Å². The minimum Gasteiger partial charge on any atom is -0.494 e. The fourth-order valence-corrected chi connectivity index (χ4v) is 2.80. The molecule has 4 rings (SSSR count). The van der Waals surface area contributed by atoms with E-state index in [0.717, 1.165) is 33.3 Å². The predicted octanol–water partition coefficient (Wildman–Crippen LogP) is 4.27. The Balaban J connectivity index is 1.89. The highest BCUT2D eigenvalue weighted by Gasteiger charge is 2.11. The highest BCUT2D eigenvalue weighted by molar-refractivity contribution is 5.98.